The first-order valence-corrected chi connectivity index (χ1v) is 6.91. The lowest BCUT2D eigenvalue weighted by molar-refractivity contribution is -0.123. The quantitative estimate of drug-likeness (QED) is 0.712. The molecule has 118 valence electrons. The average molecular weight is 314 g/mol. The van der Waals surface area contributed by atoms with Crippen molar-refractivity contribution in [1.29, 1.82) is 0 Å². The molecule has 0 radical (unpaired) electrons. The third-order valence-electron chi connectivity index (χ3n) is 2.94. The van der Waals surface area contributed by atoms with Crippen LogP contribution in [0.25, 0.3) is 0 Å². The van der Waals surface area contributed by atoms with E-state index in [-0.39, 0.29) is 30.6 Å². The molecule has 0 heterocycles. The summed E-state index contributed by atoms with van der Waals surface area (Å²) in [4.78, 5) is 23.2. The van der Waals surface area contributed by atoms with Crippen molar-refractivity contribution in [3.63, 3.8) is 0 Å². The summed E-state index contributed by atoms with van der Waals surface area (Å²) >= 11 is 0. The Kier molecular flexibility index (Phi) is 9.41. The van der Waals surface area contributed by atoms with Gasteiger partial charge in [-0.15, -0.1) is 12.4 Å². The van der Waals surface area contributed by atoms with E-state index in [1.165, 1.54) is 0 Å². The molecule has 6 heteroatoms. The van der Waals surface area contributed by atoms with E-state index in [9.17, 15) is 9.59 Å². The lowest BCUT2D eigenvalue weighted by Crippen LogP contribution is -2.36. The molecule has 0 saturated heterocycles. The van der Waals surface area contributed by atoms with Gasteiger partial charge in [-0.25, -0.2) is 0 Å². The Labute approximate surface area is 132 Å². The average Bonchev–Trinajstić information content (AvgIpc) is 2.45. The Morgan fingerprint density at radius 1 is 1.14 bits per heavy atom. The van der Waals surface area contributed by atoms with E-state index in [1.54, 1.807) is 0 Å². The van der Waals surface area contributed by atoms with Gasteiger partial charge in [-0.05, 0) is 18.9 Å². The SMILES string of the molecule is CCCNC(=O)CCNC(=O)C(N)c1ccc(C)cc1.Cl. The molecule has 0 fully saturated rings. The van der Waals surface area contributed by atoms with Crippen molar-refractivity contribution in [2.75, 3.05) is 13.1 Å². The minimum absolute atomic E-state index is 0. The summed E-state index contributed by atoms with van der Waals surface area (Å²) in [6.07, 6.45) is 1.17. The van der Waals surface area contributed by atoms with E-state index in [2.05, 4.69) is 10.6 Å². The fourth-order valence-electron chi connectivity index (χ4n) is 1.69. The molecule has 21 heavy (non-hydrogen) atoms. The smallest absolute Gasteiger partial charge is 0.241 e. The number of aryl methyl sites for hydroxylation is 1. The molecule has 0 bridgehead atoms. The number of hydrogen-bond acceptors (Lipinski definition) is 3. The maximum Gasteiger partial charge on any atom is 0.241 e. The molecular weight excluding hydrogens is 290 g/mol. The van der Waals surface area contributed by atoms with Crippen molar-refractivity contribution in [3.05, 3.63) is 35.4 Å². The number of halogens is 1. The molecule has 0 aliphatic rings. The van der Waals surface area contributed by atoms with E-state index in [1.807, 2.05) is 38.1 Å². The summed E-state index contributed by atoms with van der Waals surface area (Å²) in [7, 11) is 0. The number of nitrogens with two attached hydrogens (primary N) is 1. The van der Waals surface area contributed by atoms with Gasteiger partial charge in [0.1, 0.15) is 6.04 Å². The number of carbonyl (C=O) groups excluding carboxylic acids is 2. The zero-order chi connectivity index (χ0) is 15.0. The van der Waals surface area contributed by atoms with Crippen LogP contribution in [0.15, 0.2) is 24.3 Å². The van der Waals surface area contributed by atoms with Crippen molar-refractivity contribution in [2.45, 2.75) is 32.7 Å². The molecule has 2 amide bonds. The van der Waals surface area contributed by atoms with Crippen LogP contribution in [0.5, 0.6) is 0 Å². The fraction of sp³-hybridized carbons (Fsp3) is 0.467. The molecule has 1 aromatic rings. The maximum atomic E-state index is 11.9. The lowest BCUT2D eigenvalue weighted by Gasteiger charge is -2.12. The van der Waals surface area contributed by atoms with Crippen LogP contribution in [0.1, 0.15) is 36.9 Å². The summed E-state index contributed by atoms with van der Waals surface area (Å²) in [6.45, 7) is 4.93. The van der Waals surface area contributed by atoms with Crippen LogP contribution in [0.3, 0.4) is 0 Å². The molecule has 4 N–H and O–H groups in total. The van der Waals surface area contributed by atoms with E-state index < -0.39 is 6.04 Å². The maximum absolute atomic E-state index is 11.9. The summed E-state index contributed by atoms with van der Waals surface area (Å²) in [5.41, 5.74) is 7.76. The number of benzene rings is 1. The monoisotopic (exact) mass is 313 g/mol. The topological polar surface area (TPSA) is 84.2 Å². The van der Waals surface area contributed by atoms with Crippen molar-refractivity contribution >= 4 is 24.2 Å². The highest BCUT2D eigenvalue weighted by Crippen LogP contribution is 2.11. The summed E-state index contributed by atoms with van der Waals surface area (Å²) in [6, 6.07) is 6.82. The molecule has 0 aromatic heterocycles. The van der Waals surface area contributed by atoms with Crippen LogP contribution in [0, 0.1) is 6.92 Å². The van der Waals surface area contributed by atoms with Crippen molar-refractivity contribution in [3.8, 4) is 0 Å². The van der Waals surface area contributed by atoms with E-state index in [0.717, 1.165) is 17.5 Å². The second kappa shape index (κ2) is 10.2. The largest absolute Gasteiger partial charge is 0.356 e. The fourth-order valence-corrected chi connectivity index (χ4v) is 1.69. The number of hydrogen-bond donors (Lipinski definition) is 3. The van der Waals surface area contributed by atoms with Crippen LogP contribution in [0.2, 0.25) is 0 Å². The van der Waals surface area contributed by atoms with Gasteiger partial charge in [0.15, 0.2) is 0 Å². The Morgan fingerprint density at radius 2 is 1.76 bits per heavy atom. The minimum atomic E-state index is -0.700. The Balaban J connectivity index is 0.00000400. The van der Waals surface area contributed by atoms with Gasteiger partial charge in [0.25, 0.3) is 0 Å². The summed E-state index contributed by atoms with van der Waals surface area (Å²) in [5.74, 6) is -0.326. The molecule has 5 nitrogen and oxygen atoms in total. The number of amides is 2. The highest BCUT2D eigenvalue weighted by Gasteiger charge is 2.15. The first-order chi connectivity index (χ1) is 9.54. The van der Waals surface area contributed by atoms with Crippen molar-refractivity contribution < 1.29 is 9.59 Å². The van der Waals surface area contributed by atoms with Crippen molar-refractivity contribution in [1.82, 2.24) is 10.6 Å². The molecule has 0 spiro atoms. The highest BCUT2D eigenvalue weighted by molar-refractivity contribution is 5.85. The van der Waals surface area contributed by atoms with Gasteiger partial charge >= 0.3 is 0 Å². The van der Waals surface area contributed by atoms with Gasteiger partial charge in [0.05, 0.1) is 0 Å². The molecule has 0 aliphatic carbocycles. The van der Waals surface area contributed by atoms with Gasteiger partial charge in [-0.1, -0.05) is 36.8 Å². The Bertz CT molecular complexity index is 449. The van der Waals surface area contributed by atoms with E-state index >= 15 is 0 Å². The molecule has 0 saturated carbocycles. The predicted molar refractivity (Wildman–Crippen MR) is 86.3 cm³/mol. The third-order valence-corrected chi connectivity index (χ3v) is 2.94. The summed E-state index contributed by atoms with van der Waals surface area (Å²) in [5, 5.41) is 5.43. The lowest BCUT2D eigenvalue weighted by atomic mass is 10.1. The van der Waals surface area contributed by atoms with Crippen LogP contribution in [0.4, 0.5) is 0 Å². The standard InChI is InChI=1S/C15H23N3O2.ClH/c1-3-9-17-13(19)8-10-18-15(20)14(16)12-6-4-11(2)5-7-12;/h4-7,14H,3,8-10,16H2,1-2H3,(H,17,19)(H,18,20);1H. The van der Waals surface area contributed by atoms with Gasteiger partial charge in [-0.3, -0.25) is 9.59 Å². The number of rotatable bonds is 7. The van der Waals surface area contributed by atoms with Crippen LogP contribution < -0.4 is 16.4 Å². The van der Waals surface area contributed by atoms with Gasteiger partial charge in [0.2, 0.25) is 11.8 Å². The molecule has 1 atom stereocenters. The second-order valence-electron chi connectivity index (χ2n) is 4.78. The van der Waals surface area contributed by atoms with Crippen molar-refractivity contribution in [2.24, 2.45) is 5.73 Å². The van der Waals surface area contributed by atoms with E-state index in [4.69, 9.17) is 5.73 Å². The predicted octanol–water partition coefficient (Wildman–Crippen LogP) is 1.45. The van der Waals surface area contributed by atoms with Crippen LogP contribution >= 0.6 is 12.4 Å². The first kappa shape index (κ1) is 19.4. The Hall–Kier alpha value is -1.59. The summed E-state index contributed by atoms with van der Waals surface area (Å²) < 4.78 is 0. The van der Waals surface area contributed by atoms with Gasteiger partial charge < -0.3 is 16.4 Å². The normalized spacial score (nSPS) is 11.2. The zero-order valence-electron chi connectivity index (χ0n) is 12.5. The van der Waals surface area contributed by atoms with E-state index in [0.29, 0.717) is 13.1 Å². The van der Waals surface area contributed by atoms with Crippen LogP contribution in [-0.4, -0.2) is 24.9 Å². The molecule has 1 rings (SSSR count). The Morgan fingerprint density at radius 3 is 2.33 bits per heavy atom. The van der Waals surface area contributed by atoms with Gasteiger partial charge in [0, 0.05) is 19.5 Å². The third kappa shape index (κ3) is 7.11. The molecular formula is C15H24ClN3O2. The number of nitrogens with one attached hydrogen (secondary N) is 2. The highest BCUT2D eigenvalue weighted by atomic mass is 35.5. The first-order valence-electron chi connectivity index (χ1n) is 6.91. The minimum Gasteiger partial charge on any atom is -0.356 e. The van der Waals surface area contributed by atoms with Gasteiger partial charge in [-0.2, -0.15) is 0 Å². The molecule has 1 unspecified atom stereocenters. The zero-order valence-corrected chi connectivity index (χ0v) is 13.3. The number of carbonyl (C=O) groups is 2. The molecule has 0 aliphatic heterocycles. The second-order valence-corrected chi connectivity index (χ2v) is 4.78. The molecule has 1 aromatic carbocycles. The van der Waals surface area contributed by atoms with Crippen LogP contribution in [-0.2, 0) is 9.59 Å².